The van der Waals surface area contributed by atoms with Gasteiger partial charge in [-0.1, -0.05) is 34.1 Å². The van der Waals surface area contributed by atoms with Crippen LogP contribution >= 0.6 is 15.9 Å². The minimum atomic E-state index is -0.248. The molecule has 0 radical (unpaired) electrons. The van der Waals surface area contributed by atoms with Crippen LogP contribution in [0.2, 0.25) is 0 Å². The molecule has 1 unspecified atom stereocenters. The first-order valence-corrected chi connectivity index (χ1v) is 7.73. The van der Waals surface area contributed by atoms with E-state index in [-0.39, 0.29) is 11.9 Å². The fraction of sp³-hybridized carbons (Fsp3) is 0.294. The van der Waals surface area contributed by atoms with E-state index >= 15 is 0 Å². The zero-order chi connectivity index (χ0) is 15.2. The smallest absolute Gasteiger partial charge is 0.124 e. The second kappa shape index (κ2) is 7.57. The van der Waals surface area contributed by atoms with E-state index in [1.54, 1.807) is 6.07 Å². The summed E-state index contributed by atoms with van der Waals surface area (Å²) in [6.07, 6.45) is 1.44. The second-order valence-corrected chi connectivity index (χ2v) is 6.01. The zero-order valence-corrected chi connectivity index (χ0v) is 13.6. The summed E-state index contributed by atoms with van der Waals surface area (Å²) in [5.74, 6) is 0.618. The van der Waals surface area contributed by atoms with Gasteiger partial charge >= 0.3 is 0 Å². The highest BCUT2D eigenvalue weighted by Crippen LogP contribution is 2.20. The molecule has 0 saturated heterocycles. The molecule has 0 aliphatic carbocycles. The molecule has 0 aromatic heterocycles. The lowest BCUT2D eigenvalue weighted by Crippen LogP contribution is -2.25. The number of halogens is 2. The Morgan fingerprint density at radius 3 is 2.76 bits per heavy atom. The van der Waals surface area contributed by atoms with Crippen molar-refractivity contribution in [2.24, 2.45) is 5.73 Å². The van der Waals surface area contributed by atoms with Gasteiger partial charge in [0.25, 0.3) is 0 Å². The van der Waals surface area contributed by atoms with Crippen molar-refractivity contribution in [1.82, 2.24) is 0 Å². The summed E-state index contributed by atoms with van der Waals surface area (Å²) in [5, 5.41) is 0. The van der Waals surface area contributed by atoms with Crippen molar-refractivity contribution in [2.45, 2.75) is 25.8 Å². The Kier molecular flexibility index (Phi) is 5.76. The van der Waals surface area contributed by atoms with Crippen LogP contribution in [0.15, 0.2) is 46.9 Å². The van der Waals surface area contributed by atoms with Gasteiger partial charge in [-0.3, -0.25) is 0 Å². The van der Waals surface area contributed by atoms with Crippen molar-refractivity contribution in [3.05, 3.63) is 63.9 Å². The predicted molar refractivity (Wildman–Crippen MR) is 87.1 cm³/mol. The van der Waals surface area contributed by atoms with Gasteiger partial charge < -0.3 is 10.5 Å². The van der Waals surface area contributed by atoms with Crippen molar-refractivity contribution >= 4 is 15.9 Å². The summed E-state index contributed by atoms with van der Waals surface area (Å²) < 4.78 is 19.5. The number of nitrogens with two attached hydrogens (primary N) is 1. The fourth-order valence-corrected chi connectivity index (χ4v) is 2.62. The number of benzene rings is 2. The summed E-state index contributed by atoms with van der Waals surface area (Å²) in [5.41, 5.74) is 8.30. The minimum Gasteiger partial charge on any atom is -0.494 e. The maximum Gasteiger partial charge on any atom is 0.124 e. The molecule has 0 aliphatic rings. The minimum absolute atomic E-state index is 0.0171. The Bertz CT molecular complexity index is 603. The largest absolute Gasteiger partial charge is 0.494 e. The molecular formula is C17H19BrFNO. The molecule has 2 nitrogen and oxygen atoms in total. The normalized spacial score (nSPS) is 12.2. The topological polar surface area (TPSA) is 35.2 Å². The van der Waals surface area contributed by atoms with Crippen molar-refractivity contribution < 1.29 is 9.13 Å². The summed E-state index contributed by atoms with van der Waals surface area (Å²) in [6.45, 7) is 2.61. The molecule has 0 amide bonds. The van der Waals surface area contributed by atoms with E-state index in [1.807, 2.05) is 31.2 Å². The maximum absolute atomic E-state index is 13.0. The highest BCUT2D eigenvalue weighted by molar-refractivity contribution is 9.10. The number of hydrogen-bond donors (Lipinski definition) is 1. The summed E-state index contributed by atoms with van der Waals surface area (Å²) in [7, 11) is 0. The molecule has 112 valence electrons. The molecule has 0 spiro atoms. The second-order valence-electron chi connectivity index (χ2n) is 5.15. The van der Waals surface area contributed by atoms with Crippen LogP contribution in [0.4, 0.5) is 4.39 Å². The van der Waals surface area contributed by atoms with Crippen LogP contribution < -0.4 is 10.5 Å². The highest BCUT2D eigenvalue weighted by Gasteiger charge is 2.08. The average Bonchev–Trinajstić information content (AvgIpc) is 2.42. The first-order chi connectivity index (χ1) is 10.0. The Balaban J connectivity index is 1.81. The molecule has 2 aromatic carbocycles. The fourth-order valence-electron chi connectivity index (χ4n) is 2.11. The van der Waals surface area contributed by atoms with Crippen LogP contribution in [0.1, 0.15) is 17.5 Å². The predicted octanol–water partition coefficient (Wildman–Crippen LogP) is 4.24. The molecule has 0 saturated carbocycles. The summed E-state index contributed by atoms with van der Waals surface area (Å²) in [4.78, 5) is 0. The molecular weight excluding hydrogens is 333 g/mol. The van der Waals surface area contributed by atoms with Crippen molar-refractivity contribution in [3.8, 4) is 5.75 Å². The number of rotatable bonds is 6. The van der Waals surface area contributed by atoms with Crippen LogP contribution in [-0.4, -0.2) is 12.6 Å². The standard InChI is InChI=1S/C17H19BrFNO/c1-12-3-2-4-16(9-12)21-8-7-15(20)10-13-5-6-14(19)11-17(13)18/h2-6,9,11,15H,7-8,10,20H2,1H3. The lowest BCUT2D eigenvalue weighted by Gasteiger charge is -2.14. The van der Waals surface area contributed by atoms with Crippen LogP contribution in [0.25, 0.3) is 0 Å². The highest BCUT2D eigenvalue weighted by atomic mass is 79.9. The van der Waals surface area contributed by atoms with Crippen LogP contribution in [0, 0.1) is 12.7 Å². The van der Waals surface area contributed by atoms with Crippen molar-refractivity contribution in [1.29, 1.82) is 0 Å². The van der Waals surface area contributed by atoms with Gasteiger partial charge in [-0.15, -0.1) is 0 Å². The zero-order valence-electron chi connectivity index (χ0n) is 12.0. The molecule has 2 N–H and O–H groups in total. The molecule has 0 bridgehead atoms. The van der Waals surface area contributed by atoms with E-state index in [9.17, 15) is 4.39 Å². The number of ether oxygens (including phenoxy) is 1. The third-order valence-corrected chi connectivity index (χ3v) is 3.98. The van der Waals surface area contributed by atoms with Crippen LogP contribution in [0.3, 0.4) is 0 Å². The van der Waals surface area contributed by atoms with Gasteiger partial charge in [0.15, 0.2) is 0 Å². The van der Waals surface area contributed by atoms with E-state index < -0.39 is 0 Å². The van der Waals surface area contributed by atoms with Gasteiger partial charge in [0.05, 0.1) is 6.61 Å². The van der Waals surface area contributed by atoms with E-state index in [0.717, 1.165) is 22.2 Å². The lowest BCUT2D eigenvalue weighted by molar-refractivity contribution is 0.297. The first-order valence-electron chi connectivity index (χ1n) is 6.93. The SMILES string of the molecule is Cc1cccc(OCCC(N)Cc2ccc(F)cc2Br)c1. The monoisotopic (exact) mass is 351 g/mol. The van der Waals surface area contributed by atoms with Gasteiger partial charge in [-0.05, 0) is 55.2 Å². The Hall–Kier alpha value is -1.39. The van der Waals surface area contributed by atoms with Gasteiger partial charge in [0.2, 0.25) is 0 Å². The number of hydrogen-bond acceptors (Lipinski definition) is 2. The van der Waals surface area contributed by atoms with Crippen LogP contribution in [-0.2, 0) is 6.42 Å². The van der Waals surface area contributed by atoms with Gasteiger partial charge in [-0.2, -0.15) is 0 Å². The third kappa shape index (κ3) is 5.14. The van der Waals surface area contributed by atoms with Crippen molar-refractivity contribution in [3.63, 3.8) is 0 Å². The molecule has 0 heterocycles. The molecule has 2 rings (SSSR count). The molecule has 2 aromatic rings. The lowest BCUT2D eigenvalue weighted by atomic mass is 10.0. The van der Waals surface area contributed by atoms with E-state index in [4.69, 9.17) is 10.5 Å². The molecule has 0 aliphatic heterocycles. The van der Waals surface area contributed by atoms with E-state index in [2.05, 4.69) is 15.9 Å². The average molecular weight is 352 g/mol. The van der Waals surface area contributed by atoms with Crippen LogP contribution in [0.5, 0.6) is 5.75 Å². The Morgan fingerprint density at radius 1 is 1.24 bits per heavy atom. The number of aryl methyl sites for hydroxylation is 1. The molecule has 21 heavy (non-hydrogen) atoms. The van der Waals surface area contributed by atoms with Crippen molar-refractivity contribution in [2.75, 3.05) is 6.61 Å². The quantitative estimate of drug-likeness (QED) is 0.844. The summed E-state index contributed by atoms with van der Waals surface area (Å²) >= 11 is 3.36. The van der Waals surface area contributed by atoms with E-state index in [1.165, 1.54) is 17.7 Å². The molecule has 4 heteroatoms. The molecule has 0 fully saturated rings. The van der Waals surface area contributed by atoms with E-state index in [0.29, 0.717) is 13.0 Å². The molecule has 1 atom stereocenters. The summed E-state index contributed by atoms with van der Waals surface area (Å²) in [6, 6.07) is 12.6. The Labute approximate surface area is 133 Å². The van der Waals surface area contributed by atoms with Gasteiger partial charge in [0, 0.05) is 10.5 Å². The Morgan fingerprint density at radius 2 is 2.05 bits per heavy atom. The third-order valence-electron chi connectivity index (χ3n) is 3.24. The first kappa shape index (κ1) is 16.0. The van der Waals surface area contributed by atoms with Gasteiger partial charge in [-0.25, -0.2) is 4.39 Å². The van der Waals surface area contributed by atoms with Gasteiger partial charge in [0.1, 0.15) is 11.6 Å². The maximum atomic E-state index is 13.0.